The molecule has 0 aliphatic rings. The van der Waals surface area contributed by atoms with Crippen molar-refractivity contribution in [3.8, 4) is 0 Å². The second-order valence-electron chi connectivity index (χ2n) is 2.99. The van der Waals surface area contributed by atoms with E-state index in [0.29, 0.717) is 5.69 Å². The zero-order valence-electron chi connectivity index (χ0n) is 8.57. The smallest absolute Gasteiger partial charge is 0.251 e. The molecule has 1 aromatic rings. The van der Waals surface area contributed by atoms with E-state index >= 15 is 0 Å². The molecular weight excluding hydrogens is 238 g/mol. The first-order valence-corrected chi connectivity index (χ1v) is 6.00. The first-order chi connectivity index (χ1) is 7.47. The highest BCUT2D eigenvalue weighted by Gasteiger charge is 2.18. The quantitative estimate of drug-likeness (QED) is 0.827. The van der Waals surface area contributed by atoms with E-state index in [-0.39, 0.29) is 4.90 Å². The summed E-state index contributed by atoms with van der Waals surface area (Å²) < 4.78 is 48.9. The minimum atomic E-state index is -3.89. The number of halogens is 2. The van der Waals surface area contributed by atoms with Crippen molar-refractivity contribution in [1.29, 1.82) is 0 Å². The molecule has 4 nitrogen and oxygen atoms in total. The molecule has 0 spiro atoms. The molecule has 90 valence electrons. The van der Waals surface area contributed by atoms with Gasteiger partial charge in [-0.1, -0.05) is 12.1 Å². The molecule has 0 radical (unpaired) electrons. The molecule has 7 heteroatoms. The summed E-state index contributed by atoms with van der Waals surface area (Å²) in [6.45, 7) is -0.889. The summed E-state index contributed by atoms with van der Waals surface area (Å²) in [5, 5.41) is 2.68. The van der Waals surface area contributed by atoms with E-state index < -0.39 is 23.0 Å². The fraction of sp³-hybridized carbons (Fsp3) is 0.333. The summed E-state index contributed by atoms with van der Waals surface area (Å²) in [4.78, 5) is -0.0434. The Morgan fingerprint density at radius 2 is 1.94 bits per heavy atom. The van der Waals surface area contributed by atoms with Gasteiger partial charge in [0.2, 0.25) is 10.0 Å². The molecule has 1 rings (SSSR count). The van der Waals surface area contributed by atoms with Gasteiger partial charge in [-0.2, -0.15) is 0 Å². The third-order valence-corrected chi connectivity index (χ3v) is 3.36. The van der Waals surface area contributed by atoms with Crippen LogP contribution in [-0.2, 0) is 10.0 Å². The van der Waals surface area contributed by atoms with Crippen molar-refractivity contribution in [2.24, 2.45) is 0 Å². The molecule has 0 amide bonds. The number of hydrogen-bond acceptors (Lipinski definition) is 3. The minimum absolute atomic E-state index is 0.0434. The number of alkyl halides is 2. The number of hydrogen-bond donors (Lipinski definition) is 2. The van der Waals surface area contributed by atoms with Crippen LogP contribution >= 0.6 is 0 Å². The van der Waals surface area contributed by atoms with E-state index in [1.165, 1.54) is 12.1 Å². The topological polar surface area (TPSA) is 58.2 Å². The Hall–Kier alpha value is -1.21. The molecule has 0 unspecified atom stereocenters. The third kappa shape index (κ3) is 3.14. The second kappa shape index (κ2) is 5.22. The maximum Gasteiger partial charge on any atom is 0.251 e. The van der Waals surface area contributed by atoms with Gasteiger partial charge in [0.25, 0.3) is 6.43 Å². The van der Waals surface area contributed by atoms with Crippen LogP contribution in [0.25, 0.3) is 0 Å². The number of para-hydroxylation sites is 1. The van der Waals surface area contributed by atoms with Crippen LogP contribution in [-0.4, -0.2) is 28.4 Å². The van der Waals surface area contributed by atoms with Crippen molar-refractivity contribution >= 4 is 15.7 Å². The van der Waals surface area contributed by atoms with Gasteiger partial charge >= 0.3 is 0 Å². The van der Waals surface area contributed by atoms with E-state index in [9.17, 15) is 17.2 Å². The molecular formula is C9H12F2N2O2S. The van der Waals surface area contributed by atoms with Crippen LogP contribution in [0.2, 0.25) is 0 Å². The lowest BCUT2D eigenvalue weighted by molar-refractivity contribution is 0.153. The minimum Gasteiger partial charge on any atom is -0.387 e. The molecule has 0 saturated heterocycles. The number of sulfonamides is 1. The number of nitrogens with one attached hydrogen (secondary N) is 2. The van der Waals surface area contributed by atoms with E-state index in [1.54, 1.807) is 19.2 Å². The lowest BCUT2D eigenvalue weighted by Gasteiger charge is -2.10. The molecule has 0 heterocycles. The van der Waals surface area contributed by atoms with Crippen LogP contribution in [0, 0.1) is 0 Å². The van der Waals surface area contributed by atoms with E-state index in [2.05, 4.69) is 5.32 Å². The molecule has 0 bridgehead atoms. The first-order valence-electron chi connectivity index (χ1n) is 4.52. The largest absolute Gasteiger partial charge is 0.387 e. The molecule has 0 atom stereocenters. The lowest BCUT2D eigenvalue weighted by Crippen LogP contribution is -2.29. The molecule has 0 aliphatic carbocycles. The highest BCUT2D eigenvalue weighted by Crippen LogP contribution is 2.19. The van der Waals surface area contributed by atoms with Crippen molar-refractivity contribution < 1.29 is 17.2 Å². The Balaban J connectivity index is 2.98. The average molecular weight is 250 g/mol. The number of benzene rings is 1. The van der Waals surface area contributed by atoms with Crippen molar-refractivity contribution in [2.75, 3.05) is 18.9 Å². The summed E-state index contributed by atoms with van der Waals surface area (Å²) in [6.07, 6.45) is -2.71. The van der Waals surface area contributed by atoms with Gasteiger partial charge < -0.3 is 5.32 Å². The van der Waals surface area contributed by atoms with Crippen molar-refractivity contribution in [1.82, 2.24) is 4.72 Å². The molecule has 0 saturated carbocycles. The van der Waals surface area contributed by atoms with Gasteiger partial charge in [-0.05, 0) is 12.1 Å². The predicted molar refractivity (Wildman–Crippen MR) is 57.2 cm³/mol. The van der Waals surface area contributed by atoms with Crippen LogP contribution in [0.4, 0.5) is 14.5 Å². The van der Waals surface area contributed by atoms with Crippen LogP contribution in [0.5, 0.6) is 0 Å². The summed E-state index contributed by atoms with van der Waals surface area (Å²) in [5.74, 6) is 0. The van der Waals surface area contributed by atoms with Gasteiger partial charge in [0.1, 0.15) is 4.90 Å². The van der Waals surface area contributed by atoms with Crippen LogP contribution in [0.3, 0.4) is 0 Å². The zero-order chi connectivity index (χ0) is 12.2. The maximum atomic E-state index is 11.9. The van der Waals surface area contributed by atoms with Gasteiger partial charge in [-0.15, -0.1) is 0 Å². The highest BCUT2D eigenvalue weighted by molar-refractivity contribution is 7.89. The van der Waals surface area contributed by atoms with Gasteiger partial charge in [0.15, 0.2) is 0 Å². The first kappa shape index (κ1) is 12.9. The van der Waals surface area contributed by atoms with Crippen LogP contribution < -0.4 is 10.0 Å². The van der Waals surface area contributed by atoms with Gasteiger partial charge in [0.05, 0.1) is 12.2 Å². The SMILES string of the molecule is CNc1ccccc1S(=O)(=O)NCC(F)F. The average Bonchev–Trinajstić information content (AvgIpc) is 2.26. The van der Waals surface area contributed by atoms with Crippen LogP contribution in [0.1, 0.15) is 0 Å². The van der Waals surface area contributed by atoms with E-state index in [0.717, 1.165) is 0 Å². The summed E-state index contributed by atoms with van der Waals surface area (Å²) in [6, 6.07) is 6.08. The number of rotatable bonds is 5. The summed E-state index contributed by atoms with van der Waals surface area (Å²) in [5.41, 5.74) is 0.365. The molecule has 0 fully saturated rings. The Morgan fingerprint density at radius 3 is 2.50 bits per heavy atom. The van der Waals surface area contributed by atoms with Crippen molar-refractivity contribution in [2.45, 2.75) is 11.3 Å². The standard InChI is InChI=1S/C9H12F2N2O2S/c1-12-7-4-2-3-5-8(7)16(14,15)13-6-9(10)11/h2-5,9,12-13H,6H2,1H3. The molecule has 16 heavy (non-hydrogen) atoms. The van der Waals surface area contributed by atoms with E-state index in [4.69, 9.17) is 0 Å². The fourth-order valence-electron chi connectivity index (χ4n) is 1.16. The van der Waals surface area contributed by atoms with Crippen molar-refractivity contribution in [3.63, 3.8) is 0 Å². The third-order valence-electron chi connectivity index (χ3n) is 1.87. The van der Waals surface area contributed by atoms with Crippen LogP contribution in [0.15, 0.2) is 29.2 Å². The number of anilines is 1. The molecule has 0 aliphatic heterocycles. The maximum absolute atomic E-state index is 11.9. The monoisotopic (exact) mass is 250 g/mol. The molecule has 1 aromatic carbocycles. The Labute approximate surface area is 92.7 Å². The lowest BCUT2D eigenvalue weighted by atomic mass is 10.3. The zero-order valence-corrected chi connectivity index (χ0v) is 9.39. The van der Waals surface area contributed by atoms with E-state index in [1.807, 2.05) is 4.72 Å². The Kier molecular flexibility index (Phi) is 4.19. The Bertz CT molecular complexity index is 449. The predicted octanol–water partition coefficient (Wildman–Crippen LogP) is 1.27. The Morgan fingerprint density at radius 1 is 1.31 bits per heavy atom. The van der Waals surface area contributed by atoms with Gasteiger partial charge in [-0.25, -0.2) is 21.9 Å². The van der Waals surface area contributed by atoms with Gasteiger partial charge in [0, 0.05) is 7.05 Å². The highest BCUT2D eigenvalue weighted by atomic mass is 32.2. The van der Waals surface area contributed by atoms with Crippen molar-refractivity contribution in [3.05, 3.63) is 24.3 Å². The normalized spacial score (nSPS) is 11.8. The molecule has 2 N–H and O–H groups in total. The summed E-state index contributed by atoms with van der Waals surface area (Å²) in [7, 11) is -2.33. The summed E-state index contributed by atoms with van der Waals surface area (Å²) >= 11 is 0. The fourth-order valence-corrected chi connectivity index (χ4v) is 2.38. The van der Waals surface area contributed by atoms with Gasteiger partial charge in [-0.3, -0.25) is 0 Å². The molecule has 0 aromatic heterocycles. The second-order valence-corrected chi connectivity index (χ2v) is 4.72.